The zero-order valence-electron chi connectivity index (χ0n) is 32.2. The summed E-state index contributed by atoms with van der Waals surface area (Å²) in [6, 6.07) is 0. The molecule has 0 saturated heterocycles. The van der Waals surface area contributed by atoms with E-state index in [1.165, 1.54) is 50.5 Å². The number of allylic oxidation sites excluding steroid dienone is 4. The molecule has 0 aromatic carbocycles. The van der Waals surface area contributed by atoms with Gasteiger partial charge in [0.25, 0.3) is 0 Å². The minimum Gasteiger partial charge on any atom is -0.494 e. The normalized spacial score (nSPS) is 34.6. The molecule has 5 aliphatic carbocycles. The molecule has 4 nitrogen and oxygen atoms in total. The lowest BCUT2D eigenvalue weighted by Crippen LogP contribution is -2.51. The maximum atomic E-state index is 12.6. The third-order valence-electron chi connectivity index (χ3n) is 14.1. The molecular weight excluding hydrogens is 597 g/mol. The third-order valence-corrected chi connectivity index (χ3v) is 18.6. The van der Waals surface area contributed by atoms with Gasteiger partial charge < -0.3 is 13.9 Å². The summed E-state index contributed by atoms with van der Waals surface area (Å²) in [4.78, 5) is 12.6. The van der Waals surface area contributed by atoms with Crippen LogP contribution < -0.4 is 0 Å². The Kier molecular flexibility index (Phi) is 11.1. The number of hydrogen-bond acceptors (Lipinski definition) is 4. The van der Waals surface area contributed by atoms with Gasteiger partial charge in [0, 0.05) is 25.4 Å². The highest BCUT2D eigenvalue weighted by Crippen LogP contribution is 2.67. The standard InChI is InChI=1S/C42H70O4Si/c1-28(2)18-21-37(45-32-16-14-12-13-15-17-32)29(3)39-38(44-30(4)43)27-36-34-20-19-31-26-33(46-47(10,11)40(5,6)7)22-24-41(31,8)35(34)23-25-42(36,39)9/h19,21,28-29,32-36H,12-18,20,22-27H2,1-11H3/b37-21-/t29-,33+,34-,35+,36+,41+,42+/m1/s1. The van der Waals surface area contributed by atoms with E-state index < -0.39 is 8.32 Å². The van der Waals surface area contributed by atoms with Crippen LogP contribution in [0, 0.1) is 40.4 Å². The molecule has 5 rings (SSSR count). The summed E-state index contributed by atoms with van der Waals surface area (Å²) in [5, 5.41) is 0.238. The van der Waals surface area contributed by atoms with Gasteiger partial charge in [-0.25, -0.2) is 0 Å². The van der Waals surface area contributed by atoms with Crippen LogP contribution >= 0.6 is 0 Å². The van der Waals surface area contributed by atoms with E-state index in [4.69, 9.17) is 13.9 Å². The monoisotopic (exact) mass is 667 g/mol. The summed E-state index contributed by atoms with van der Waals surface area (Å²) < 4.78 is 20.2. The molecule has 0 heterocycles. The second-order valence-corrected chi connectivity index (χ2v) is 23.5. The second-order valence-electron chi connectivity index (χ2n) is 18.8. The molecule has 0 aliphatic heterocycles. The molecule has 5 aliphatic rings. The van der Waals surface area contributed by atoms with Crippen molar-refractivity contribution in [3.8, 4) is 0 Å². The minimum atomic E-state index is -1.80. The van der Waals surface area contributed by atoms with Crippen molar-refractivity contribution in [3.63, 3.8) is 0 Å². The lowest BCUT2D eigenvalue weighted by atomic mass is 9.47. The van der Waals surface area contributed by atoms with Crippen molar-refractivity contribution in [3.05, 3.63) is 34.8 Å². The molecule has 3 saturated carbocycles. The van der Waals surface area contributed by atoms with E-state index in [-0.39, 0.29) is 27.8 Å². The zero-order chi connectivity index (χ0) is 34.4. The number of fused-ring (bicyclic) bond motifs is 5. The highest BCUT2D eigenvalue weighted by Gasteiger charge is 2.60. The van der Waals surface area contributed by atoms with E-state index in [1.807, 2.05) is 0 Å². The number of carbonyl (C=O) groups is 1. The molecule has 0 aromatic heterocycles. The first kappa shape index (κ1) is 36.9. The summed E-state index contributed by atoms with van der Waals surface area (Å²) in [7, 11) is -1.80. The van der Waals surface area contributed by atoms with Crippen molar-refractivity contribution in [2.75, 3.05) is 0 Å². The molecular formula is C42H70O4Si. The highest BCUT2D eigenvalue weighted by atomic mass is 28.4. The number of carbonyl (C=O) groups excluding carboxylic acids is 1. The zero-order valence-corrected chi connectivity index (χ0v) is 33.2. The smallest absolute Gasteiger partial charge is 0.307 e. The van der Waals surface area contributed by atoms with Gasteiger partial charge in [0.1, 0.15) is 5.76 Å². The van der Waals surface area contributed by atoms with Gasteiger partial charge in [-0.1, -0.05) is 79.9 Å². The molecule has 0 spiro atoms. The molecule has 7 atom stereocenters. The van der Waals surface area contributed by atoms with Gasteiger partial charge in [-0.05, 0) is 135 Å². The van der Waals surface area contributed by atoms with Crippen LogP contribution in [0.3, 0.4) is 0 Å². The fraction of sp³-hybridized carbons (Fsp3) is 0.833. The van der Waals surface area contributed by atoms with Crippen LogP contribution in [0.5, 0.6) is 0 Å². The van der Waals surface area contributed by atoms with Crippen LogP contribution in [0.1, 0.15) is 152 Å². The largest absolute Gasteiger partial charge is 0.494 e. The van der Waals surface area contributed by atoms with Crippen LogP contribution in [0.25, 0.3) is 0 Å². The van der Waals surface area contributed by atoms with Gasteiger partial charge in [-0.3, -0.25) is 4.79 Å². The van der Waals surface area contributed by atoms with E-state index >= 15 is 0 Å². The van der Waals surface area contributed by atoms with Gasteiger partial charge in [-0.2, -0.15) is 0 Å². The Morgan fingerprint density at radius 3 is 2.21 bits per heavy atom. The van der Waals surface area contributed by atoms with Crippen LogP contribution in [-0.2, 0) is 18.7 Å². The van der Waals surface area contributed by atoms with E-state index in [1.54, 1.807) is 12.5 Å². The first-order chi connectivity index (χ1) is 22.0. The molecule has 0 radical (unpaired) electrons. The molecule has 0 aromatic rings. The molecule has 0 bridgehead atoms. The Morgan fingerprint density at radius 2 is 1.60 bits per heavy atom. The third kappa shape index (κ3) is 7.57. The van der Waals surface area contributed by atoms with E-state index in [0.29, 0.717) is 35.9 Å². The summed E-state index contributed by atoms with van der Waals surface area (Å²) in [5.41, 5.74) is 3.30. The summed E-state index contributed by atoms with van der Waals surface area (Å²) in [6.45, 7) is 25.5. The fourth-order valence-electron chi connectivity index (χ4n) is 10.4. The first-order valence-corrected chi connectivity index (χ1v) is 22.5. The van der Waals surface area contributed by atoms with Gasteiger partial charge in [-0.15, -0.1) is 0 Å². The molecule has 0 amide bonds. The Bertz CT molecular complexity index is 1230. The predicted octanol–water partition coefficient (Wildman–Crippen LogP) is 12.1. The quantitative estimate of drug-likeness (QED) is 0.0807. The van der Waals surface area contributed by atoms with Gasteiger partial charge in [0.15, 0.2) is 8.32 Å². The fourth-order valence-corrected chi connectivity index (χ4v) is 11.7. The Balaban J connectivity index is 1.41. The number of ether oxygens (including phenoxy) is 2. The van der Waals surface area contributed by atoms with Crippen molar-refractivity contribution < 1.29 is 18.7 Å². The number of esters is 1. The van der Waals surface area contributed by atoms with E-state index in [2.05, 4.69) is 80.6 Å². The Hall–Kier alpha value is -1.33. The Morgan fingerprint density at radius 1 is 0.936 bits per heavy atom. The minimum absolute atomic E-state index is 0.0133. The molecule has 5 heteroatoms. The number of rotatable bonds is 9. The van der Waals surface area contributed by atoms with Gasteiger partial charge >= 0.3 is 5.97 Å². The van der Waals surface area contributed by atoms with E-state index in [0.717, 1.165) is 56.5 Å². The van der Waals surface area contributed by atoms with Crippen LogP contribution in [-0.4, -0.2) is 26.5 Å². The van der Waals surface area contributed by atoms with Crippen molar-refractivity contribution in [1.82, 2.24) is 0 Å². The topological polar surface area (TPSA) is 44.8 Å². The lowest BCUT2D eigenvalue weighted by Gasteiger charge is -2.58. The molecule has 0 unspecified atom stereocenters. The van der Waals surface area contributed by atoms with Crippen LogP contribution in [0.4, 0.5) is 0 Å². The summed E-state index contributed by atoms with van der Waals surface area (Å²) >= 11 is 0. The van der Waals surface area contributed by atoms with Crippen LogP contribution in [0.15, 0.2) is 34.8 Å². The van der Waals surface area contributed by atoms with Gasteiger partial charge in [0.05, 0.1) is 11.9 Å². The summed E-state index contributed by atoms with van der Waals surface area (Å²) in [6.07, 6.45) is 22.1. The molecule has 47 heavy (non-hydrogen) atoms. The Labute approximate surface area is 290 Å². The second kappa shape index (κ2) is 14.1. The number of hydrogen-bond donors (Lipinski definition) is 0. The molecule has 3 fully saturated rings. The van der Waals surface area contributed by atoms with Gasteiger partial charge in [0.2, 0.25) is 0 Å². The first-order valence-electron chi connectivity index (χ1n) is 19.6. The highest BCUT2D eigenvalue weighted by molar-refractivity contribution is 6.74. The van der Waals surface area contributed by atoms with Crippen LogP contribution in [0.2, 0.25) is 18.1 Å². The molecule has 266 valence electrons. The molecule has 0 N–H and O–H groups in total. The van der Waals surface area contributed by atoms with Crippen molar-refractivity contribution >= 4 is 14.3 Å². The van der Waals surface area contributed by atoms with Crippen molar-refractivity contribution in [2.45, 2.75) is 183 Å². The summed E-state index contributed by atoms with van der Waals surface area (Å²) in [5.74, 6) is 4.39. The average molecular weight is 667 g/mol. The average Bonchev–Trinajstić information content (AvgIpc) is 3.09. The predicted molar refractivity (Wildman–Crippen MR) is 197 cm³/mol. The SMILES string of the molecule is CC(=O)OC1=C([C@H](C)/C(=C/CC(C)C)OC2CCCCCC2)[C@@]2(C)CC[C@H]3[C@@H](CC=C4C[C@@H](O[Si](C)(C)C(C)(C)C)CC[C@@]43C)[C@@H]2C1. The van der Waals surface area contributed by atoms with Crippen molar-refractivity contribution in [2.24, 2.45) is 40.4 Å². The van der Waals surface area contributed by atoms with Crippen molar-refractivity contribution in [1.29, 1.82) is 0 Å². The maximum absolute atomic E-state index is 12.6. The lowest BCUT2D eigenvalue weighted by molar-refractivity contribution is -0.137. The maximum Gasteiger partial charge on any atom is 0.307 e. The van der Waals surface area contributed by atoms with E-state index in [9.17, 15) is 4.79 Å².